The molecule has 0 aliphatic carbocycles. The van der Waals surface area contributed by atoms with E-state index in [2.05, 4.69) is 10.6 Å². The molecule has 2 heterocycles. The molecule has 32 heavy (non-hydrogen) atoms. The lowest BCUT2D eigenvalue weighted by Crippen LogP contribution is -2.51. The number of furan rings is 1. The maximum absolute atomic E-state index is 12.5. The lowest BCUT2D eigenvalue weighted by atomic mass is 10.1. The third kappa shape index (κ3) is 4.77. The molecule has 1 fully saturated rings. The fourth-order valence-corrected chi connectivity index (χ4v) is 3.35. The topological polar surface area (TPSA) is 97.6 Å². The van der Waals surface area contributed by atoms with E-state index in [0.29, 0.717) is 11.3 Å². The molecular formula is C23H15ClN2O5S. The molecule has 0 atom stereocenters. The number of esters is 1. The lowest BCUT2D eigenvalue weighted by molar-refractivity contribution is -0.123. The summed E-state index contributed by atoms with van der Waals surface area (Å²) in [5, 5.41) is 4.90. The molecule has 4 rings (SSSR count). The first kappa shape index (κ1) is 21.5. The Balaban J connectivity index is 1.54. The van der Waals surface area contributed by atoms with Gasteiger partial charge in [0.25, 0.3) is 11.8 Å². The van der Waals surface area contributed by atoms with Gasteiger partial charge in [0.2, 0.25) is 0 Å². The highest BCUT2D eigenvalue weighted by molar-refractivity contribution is 7.80. The van der Waals surface area contributed by atoms with Gasteiger partial charge in [-0.25, -0.2) is 4.79 Å². The third-order valence-corrected chi connectivity index (χ3v) is 5.07. The molecular weight excluding hydrogens is 452 g/mol. The second kappa shape index (κ2) is 9.17. The average Bonchev–Trinajstić information content (AvgIpc) is 3.24. The van der Waals surface area contributed by atoms with Gasteiger partial charge in [-0.15, -0.1) is 0 Å². The number of amides is 2. The molecule has 1 aromatic heterocycles. The van der Waals surface area contributed by atoms with Crippen molar-refractivity contribution in [1.29, 1.82) is 0 Å². The second-order valence-electron chi connectivity index (χ2n) is 6.75. The summed E-state index contributed by atoms with van der Waals surface area (Å²) in [4.78, 5) is 36.5. The molecule has 1 aliphatic rings. The monoisotopic (exact) mass is 466 g/mol. The van der Waals surface area contributed by atoms with Crippen LogP contribution in [0.2, 0.25) is 5.02 Å². The first-order valence-electron chi connectivity index (χ1n) is 9.40. The van der Waals surface area contributed by atoms with E-state index in [9.17, 15) is 14.4 Å². The first-order valence-corrected chi connectivity index (χ1v) is 10.2. The van der Waals surface area contributed by atoms with Crippen molar-refractivity contribution in [2.45, 2.75) is 6.61 Å². The zero-order valence-corrected chi connectivity index (χ0v) is 18.0. The Labute approximate surface area is 193 Å². The summed E-state index contributed by atoms with van der Waals surface area (Å²) in [5.41, 5.74) is 1.48. The van der Waals surface area contributed by atoms with Gasteiger partial charge in [-0.2, -0.15) is 0 Å². The van der Waals surface area contributed by atoms with E-state index in [1.54, 1.807) is 30.3 Å². The van der Waals surface area contributed by atoms with Crippen LogP contribution in [0.25, 0.3) is 17.4 Å². The van der Waals surface area contributed by atoms with Crippen LogP contribution in [0, 0.1) is 0 Å². The van der Waals surface area contributed by atoms with Crippen LogP contribution in [0.5, 0.6) is 0 Å². The third-order valence-electron chi connectivity index (χ3n) is 4.54. The number of carbonyl (C=O) groups excluding carboxylic acids is 3. The standard InChI is InChI=1S/C23H15ClN2O5S/c24-18-8-6-14(10-16(18)22(29)30-12-13-4-2-1-3-5-13)19-9-7-15(31-19)11-17-20(27)25-23(32)26-21(17)28/h1-11H,12H2,(H2,25,26,27,28,32). The molecule has 1 saturated heterocycles. The average molecular weight is 467 g/mol. The highest BCUT2D eigenvalue weighted by Gasteiger charge is 2.26. The van der Waals surface area contributed by atoms with E-state index in [1.807, 2.05) is 30.3 Å². The van der Waals surface area contributed by atoms with Crippen LogP contribution >= 0.6 is 23.8 Å². The van der Waals surface area contributed by atoms with Gasteiger partial charge in [-0.3, -0.25) is 20.2 Å². The number of benzene rings is 2. The van der Waals surface area contributed by atoms with Crippen LogP contribution in [-0.4, -0.2) is 22.9 Å². The van der Waals surface area contributed by atoms with Gasteiger partial charge in [0, 0.05) is 5.56 Å². The summed E-state index contributed by atoms with van der Waals surface area (Å²) in [6.07, 6.45) is 1.31. The van der Waals surface area contributed by atoms with Gasteiger partial charge in [0.15, 0.2) is 5.11 Å². The predicted octanol–water partition coefficient (Wildman–Crippen LogP) is 3.87. The van der Waals surface area contributed by atoms with Crippen molar-refractivity contribution in [2.24, 2.45) is 0 Å². The number of ether oxygens (including phenoxy) is 1. The number of thiocarbonyl (C=S) groups is 1. The van der Waals surface area contributed by atoms with Crippen molar-refractivity contribution in [3.8, 4) is 11.3 Å². The molecule has 0 unspecified atom stereocenters. The van der Waals surface area contributed by atoms with Crippen LogP contribution in [0.3, 0.4) is 0 Å². The van der Waals surface area contributed by atoms with Gasteiger partial charge in [0.1, 0.15) is 23.7 Å². The minimum Gasteiger partial charge on any atom is -0.457 e. The van der Waals surface area contributed by atoms with E-state index in [0.717, 1.165) is 5.56 Å². The quantitative estimate of drug-likeness (QED) is 0.256. The maximum atomic E-state index is 12.5. The second-order valence-corrected chi connectivity index (χ2v) is 7.57. The van der Waals surface area contributed by atoms with Crippen LogP contribution in [0.1, 0.15) is 21.7 Å². The van der Waals surface area contributed by atoms with Crippen molar-refractivity contribution >= 4 is 52.8 Å². The molecule has 0 bridgehead atoms. The SMILES string of the molecule is O=C1NC(=S)NC(=O)C1=Cc1ccc(-c2ccc(Cl)c(C(=O)OCc3ccccc3)c2)o1. The molecule has 0 radical (unpaired) electrons. The molecule has 160 valence electrons. The minimum absolute atomic E-state index is 0.0508. The molecule has 0 spiro atoms. The largest absolute Gasteiger partial charge is 0.457 e. The van der Waals surface area contributed by atoms with Gasteiger partial charge >= 0.3 is 5.97 Å². The first-order chi connectivity index (χ1) is 15.4. The Morgan fingerprint density at radius 3 is 2.47 bits per heavy atom. The zero-order chi connectivity index (χ0) is 22.7. The smallest absolute Gasteiger partial charge is 0.340 e. The fraction of sp³-hybridized carbons (Fsp3) is 0.0435. The van der Waals surface area contributed by atoms with Gasteiger partial charge in [-0.1, -0.05) is 41.9 Å². The lowest BCUT2D eigenvalue weighted by Gasteiger charge is -2.15. The molecule has 2 amide bonds. The van der Waals surface area contributed by atoms with E-state index < -0.39 is 17.8 Å². The molecule has 2 N–H and O–H groups in total. The van der Waals surface area contributed by atoms with Gasteiger partial charge in [0.05, 0.1) is 10.6 Å². The summed E-state index contributed by atoms with van der Waals surface area (Å²) in [6.45, 7) is 0.117. The Kier molecular flexibility index (Phi) is 6.16. The van der Waals surface area contributed by atoms with E-state index in [4.69, 9.17) is 33.0 Å². The number of hydrogen-bond donors (Lipinski definition) is 2. The van der Waals surface area contributed by atoms with Gasteiger partial charge in [-0.05, 0) is 54.2 Å². The highest BCUT2D eigenvalue weighted by atomic mass is 35.5. The Bertz CT molecular complexity index is 1240. The molecule has 0 saturated carbocycles. The van der Waals surface area contributed by atoms with E-state index in [1.165, 1.54) is 6.08 Å². The zero-order valence-electron chi connectivity index (χ0n) is 16.4. The molecule has 2 aromatic carbocycles. The van der Waals surface area contributed by atoms with Crippen LogP contribution in [-0.2, 0) is 20.9 Å². The number of nitrogens with one attached hydrogen (secondary N) is 2. The van der Waals surface area contributed by atoms with Crippen LogP contribution < -0.4 is 10.6 Å². The van der Waals surface area contributed by atoms with E-state index >= 15 is 0 Å². The van der Waals surface area contributed by atoms with Crippen molar-refractivity contribution < 1.29 is 23.5 Å². The van der Waals surface area contributed by atoms with Crippen molar-refractivity contribution in [3.05, 3.63) is 88.1 Å². The molecule has 7 nitrogen and oxygen atoms in total. The van der Waals surface area contributed by atoms with Crippen LogP contribution in [0.4, 0.5) is 0 Å². The summed E-state index contributed by atoms with van der Waals surface area (Å²) in [7, 11) is 0. The highest BCUT2D eigenvalue weighted by Crippen LogP contribution is 2.28. The summed E-state index contributed by atoms with van der Waals surface area (Å²) >= 11 is 11.0. The molecule has 3 aromatic rings. The van der Waals surface area contributed by atoms with Crippen LogP contribution in [0.15, 0.2) is 70.7 Å². The number of hydrogen-bond acceptors (Lipinski definition) is 6. The Morgan fingerprint density at radius 1 is 1.03 bits per heavy atom. The normalized spacial score (nSPS) is 13.4. The fourth-order valence-electron chi connectivity index (χ4n) is 2.97. The summed E-state index contributed by atoms with van der Waals surface area (Å²) in [6, 6.07) is 17.4. The van der Waals surface area contributed by atoms with Crippen molar-refractivity contribution in [2.75, 3.05) is 0 Å². The maximum Gasteiger partial charge on any atom is 0.340 e. The number of carbonyl (C=O) groups is 3. The molecule has 1 aliphatic heterocycles. The van der Waals surface area contributed by atoms with Gasteiger partial charge < -0.3 is 9.15 Å². The predicted molar refractivity (Wildman–Crippen MR) is 122 cm³/mol. The Morgan fingerprint density at radius 2 is 1.75 bits per heavy atom. The minimum atomic E-state index is -0.619. The number of rotatable bonds is 5. The van der Waals surface area contributed by atoms with E-state index in [-0.39, 0.29) is 33.6 Å². The summed E-state index contributed by atoms with van der Waals surface area (Å²) < 4.78 is 11.1. The van der Waals surface area contributed by atoms with Crippen molar-refractivity contribution in [3.63, 3.8) is 0 Å². The van der Waals surface area contributed by atoms with Crippen molar-refractivity contribution in [1.82, 2.24) is 10.6 Å². The summed E-state index contributed by atoms with van der Waals surface area (Å²) in [5.74, 6) is -1.12. The molecule has 9 heteroatoms. The Hall–Kier alpha value is -3.75. The number of halogens is 1.